The number of aromatic nitrogens is 1. The van der Waals surface area contributed by atoms with Crippen LogP contribution in [0.3, 0.4) is 0 Å². The van der Waals surface area contributed by atoms with Gasteiger partial charge in [0.05, 0.1) is 7.11 Å². The maximum Gasteiger partial charge on any atom is 0.416 e. The smallest absolute Gasteiger partial charge is 0.416 e. The first-order valence-electron chi connectivity index (χ1n) is 10.3. The quantitative estimate of drug-likeness (QED) is 0.386. The van der Waals surface area contributed by atoms with Gasteiger partial charge in [0.2, 0.25) is 0 Å². The molecule has 0 spiro atoms. The molecule has 0 radical (unpaired) electrons. The van der Waals surface area contributed by atoms with E-state index in [0.29, 0.717) is 23.6 Å². The number of hydrogen-bond acceptors (Lipinski definition) is 3. The normalized spacial score (nSPS) is 15.4. The number of hydrogen-bond donors (Lipinski definition) is 1. The number of carbonyl (C=O) groups is 1. The summed E-state index contributed by atoms with van der Waals surface area (Å²) in [6.45, 7) is 0.338. The number of aromatic amines is 1. The van der Waals surface area contributed by atoms with E-state index in [0.717, 1.165) is 22.2 Å². The van der Waals surface area contributed by atoms with Crippen LogP contribution >= 0.6 is 11.6 Å². The summed E-state index contributed by atoms with van der Waals surface area (Å²) in [4.78, 5) is 18.1. The molecule has 8 heteroatoms. The van der Waals surface area contributed by atoms with Crippen molar-refractivity contribution in [2.45, 2.75) is 12.5 Å². The van der Waals surface area contributed by atoms with E-state index in [4.69, 9.17) is 21.1 Å². The van der Waals surface area contributed by atoms with Gasteiger partial charge in [-0.25, -0.2) is 13.6 Å². The number of H-pyrrole nitrogens is 1. The van der Waals surface area contributed by atoms with Gasteiger partial charge >= 0.3 is 6.09 Å². The molecule has 2 heterocycles. The van der Waals surface area contributed by atoms with E-state index in [-0.39, 0.29) is 11.5 Å². The van der Waals surface area contributed by atoms with Crippen LogP contribution in [0.4, 0.5) is 13.6 Å². The number of amides is 1. The third kappa shape index (κ3) is 3.89. The number of nitrogens with zero attached hydrogens (tertiary/aromatic N) is 1. The minimum absolute atomic E-state index is 0.110. The number of fused-ring (bicyclic) bond motifs is 3. The molecule has 1 aliphatic rings. The molecule has 1 N–H and O–H groups in total. The summed E-state index contributed by atoms with van der Waals surface area (Å²) < 4.78 is 38.4. The lowest BCUT2D eigenvalue weighted by Crippen LogP contribution is -2.42. The topological polar surface area (TPSA) is 54.6 Å². The Labute approximate surface area is 193 Å². The number of nitrogens with one attached hydrogen (secondary N) is 1. The van der Waals surface area contributed by atoms with Crippen molar-refractivity contribution < 1.29 is 23.0 Å². The fourth-order valence-corrected chi connectivity index (χ4v) is 4.49. The average Bonchev–Trinajstić information content (AvgIpc) is 3.17. The Bertz CT molecular complexity index is 1350. The molecule has 1 aromatic heterocycles. The first kappa shape index (κ1) is 21.3. The van der Waals surface area contributed by atoms with E-state index in [1.807, 2.05) is 12.1 Å². The fraction of sp³-hybridized carbons (Fsp3) is 0.160. The van der Waals surface area contributed by atoms with Crippen molar-refractivity contribution in [1.82, 2.24) is 9.88 Å². The fourth-order valence-electron chi connectivity index (χ4n) is 4.32. The Morgan fingerprint density at radius 3 is 2.61 bits per heavy atom. The number of halogens is 3. The second kappa shape index (κ2) is 8.41. The molecular weight excluding hydrogens is 450 g/mol. The van der Waals surface area contributed by atoms with Gasteiger partial charge < -0.3 is 14.5 Å². The van der Waals surface area contributed by atoms with E-state index in [9.17, 15) is 13.6 Å². The number of rotatable bonds is 3. The Balaban J connectivity index is 1.60. The summed E-state index contributed by atoms with van der Waals surface area (Å²) in [6.07, 6.45) is -0.0614. The zero-order valence-electron chi connectivity index (χ0n) is 17.6. The molecule has 5 nitrogen and oxygen atoms in total. The average molecular weight is 469 g/mol. The molecule has 0 fully saturated rings. The Hall–Kier alpha value is -3.58. The van der Waals surface area contributed by atoms with E-state index in [2.05, 4.69) is 4.98 Å². The van der Waals surface area contributed by atoms with Gasteiger partial charge in [-0.3, -0.25) is 4.90 Å². The Kier molecular flexibility index (Phi) is 5.42. The monoisotopic (exact) mass is 468 g/mol. The third-order valence-corrected chi connectivity index (χ3v) is 6.07. The summed E-state index contributed by atoms with van der Waals surface area (Å²) in [6, 6.07) is 14.7. The molecule has 3 aromatic carbocycles. The first-order chi connectivity index (χ1) is 15.9. The molecule has 1 amide bonds. The van der Waals surface area contributed by atoms with Crippen LogP contribution in [0, 0.1) is 11.6 Å². The lowest BCUT2D eigenvalue weighted by atomic mass is 9.92. The van der Waals surface area contributed by atoms with Crippen LogP contribution in [0.1, 0.15) is 22.9 Å². The number of carbonyl (C=O) groups excluding carboxylic acids is 1. The lowest BCUT2D eigenvalue weighted by Gasteiger charge is -2.35. The maximum atomic E-state index is 14.6. The summed E-state index contributed by atoms with van der Waals surface area (Å²) in [5, 5.41) is 1.57. The van der Waals surface area contributed by atoms with Gasteiger partial charge in [-0.2, -0.15) is 0 Å². The van der Waals surface area contributed by atoms with Crippen molar-refractivity contribution in [3.05, 3.63) is 94.1 Å². The molecule has 4 aromatic rings. The van der Waals surface area contributed by atoms with Gasteiger partial charge in [0, 0.05) is 28.2 Å². The summed E-state index contributed by atoms with van der Waals surface area (Å²) in [5.41, 5.74) is 3.21. The zero-order valence-corrected chi connectivity index (χ0v) is 18.3. The molecule has 33 heavy (non-hydrogen) atoms. The molecule has 1 unspecified atom stereocenters. The highest BCUT2D eigenvalue weighted by Gasteiger charge is 2.36. The van der Waals surface area contributed by atoms with Crippen LogP contribution in [0.15, 0.2) is 60.7 Å². The van der Waals surface area contributed by atoms with Crippen LogP contribution in [0.25, 0.3) is 10.9 Å². The van der Waals surface area contributed by atoms with Gasteiger partial charge in [-0.1, -0.05) is 17.7 Å². The standard InChI is InChI=1S/C25H19ClF2N2O3/c1-32-22-9-2-14(12-20(22)28)24-23-18(19-13-15(26)3-8-21(19)29-23)10-11-30(24)25(31)33-17-6-4-16(27)5-7-17/h2-9,12-13,24,29H,10-11H2,1H3. The number of ether oxygens (including phenoxy) is 2. The summed E-state index contributed by atoms with van der Waals surface area (Å²) in [7, 11) is 1.39. The number of methoxy groups -OCH3 is 1. The van der Waals surface area contributed by atoms with Crippen molar-refractivity contribution >= 4 is 28.6 Å². The molecular formula is C25H19ClF2N2O3. The molecule has 0 saturated heterocycles. The van der Waals surface area contributed by atoms with E-state index >= 15 is 0 Å². The maximum absolute atomic E-state index is 14.6. The zero-order chi connectivity index (χ0) is 23.1. The highest BCUT2D eigenvalue weighted by Crippen LogP contribution is 2.40. The molecule has 168 valence electrons. The Morgan fingerprint density at radius 2 is 1.88 bits per heavy atom. The first-order valence-corrected chi connectivity index (χ1v) is 10.7. The van der Waals surface area contributed by atoms with Crippen molar-refractivity contribution in [2.24, 2.45) is 0 Å². The molecule has 0 bridgehead atoms. The second-order valence-electron chi connectivity index (χ2n) is 7.77. The van der Waals surface area contributed by atoms with Crippen molar-refractivity contribution in [3.8, 4) is 11.5 Å². The minimum Gasteiger partial charge on any atom is -0.494 e. The van der Waals surface area contributed by atoms with Gasteiger partial charge in [0.25, 0.3) is 0 Å². The van der Waals surface area contributed by atoms with Crippen LogP contribution < -0.4 is 9.47 Å². The SMILES string of the molecule is COc1ccc(C2c3[nH]c4ccc(Cl)cc4c3CCN2C(=O)Oc2ccc(F)cc2)cc1F. The van der Waals surface area contributed by atoms with Crippen LogP contribution in [-0.4, -0.2) is 29.6 Å². The number of benzene rings is 3. The van der Waals surface area contributed by atoms with Crippen LogP contribution in [-0.2, 0) is 6.42 Å². The molecule has 1 aliphatic heterocycles. The minimum atomic E-state index is -0.631. The summed E-state index contributed by atoms with van der Waals surface area (Å²) >= 11 is 6.22. The highest BCUT2D eigenvalue weighted by molar-refractivity contribution is 6.31. The van der Waals surface area contributed by atoms with E-state index in [1.54, 1.807) is 12.1 Å². The van der Waals surface area contributed by atoms with E-state index < -0.39 is 23.8 Å². The molecule has 0 aliphatic carbocycles. The molecule has 5 rings (SSSR count). The van der Waals surface area contributed by atoms with Gasteiger partial charge in [-0.15, -0.1) is 0 Å². The molecule has 1 atom stereocenters. The van der Waals surface area contributed by atoms with Crippen LogP contribution in [0.5, 0.6) is 11.5 Å². The van der Waals surface area contributed by atoms with Gasteiger partial charge in [0.1, 0.15) is 17.6 Å². The van der Waals surface area contributed by atoms with Gasteiger partial charge in [-0.05, 0) is 72.1 Å². The summed E-state index contributed by atoms with van der Waals surface area (Å²) in [5.74, 6) is -0.636. The molecule has 0 saturated carbocycles. The van der Waals surface area contributed by atoms with Crippen molar-refractivity contribution in [3.63, 3.8) is 0 Å². The van der Waals surface area contributed by atoms with E-state index in [1.165, 1.54) is 48.4 Å². The lowest BCUT2D eigenvalue weighted by molar-refractivity contribution is 0.135. The predicted octanol–water partition coefficient (Wildman–Crippen LogP) is 6.25. The highest BCUT2D eigenvalue weighted by atomic mass is 35.5. The van der Waals surface area contributed by atoms with Gasteiger partial charge in [0.15, 0.2) is 11.6 Å². The van der Waals surface area contributed by atoms with Crippen molar-refractivity contribution in [2.75, 3.05) is 13.7 Å². The second-order valence-corrected chi connectivity index (χ2v) is 8.21. The predicted molar refractivity (Wildman–Crippen MR) is 121 cm³/mol. The van der Waals surface area contributed by atoms with Crippen molar-refractivity contribution in [1.29, 1.82) is 0 Å². The third-order valence-electron chi connectivity index (χ3n) is 5.83. The van der Waals surface area contributed by atoms with Crippen LogP contribution in [0.2, 0.25) is 5.02 Å². The largest absolute Gasteiger partial charge is 0.494 e. The Morgan fingerprint density at radius 1 is 1.09 bits per heavy atom.